The van der Waals surface area contributed by atoms with Crippen molar-refractivity contribution < 1.29 is 0 Å². The lowest BCUT2D eigenvalue weighted by atomic mass is 9.85. The summed E-state index contributed by atoms with van der Waals surface area (Å²) in [5.41, 5.74) is 4.57. The van der Waals surface area contributed by atoms with Crippen LogP contribution in [0.3, 0.4) is 0 Å². The van der Waals surface area contributed by atoms with E-state index >= 15 is 0 Å². The normalized spacial score (nSPS) is 11.2. The molecule has 0 saturated carbocycles. The Hall–Kier alpha value is -1.35. The molecule has 2 nitrogen and oxygen atoms in total. The first-order valence-corrected chi connectivity index (χ1v) is 10.5. The summed E-state index contributed by atoms with van der Waals surface area (Å²) in [5, 5.41) is 0. The van der Waals surface area contributed by atoms with E-state index in [1.54, 1.807) is 11.1 Å². The summed E-state index contributed by atoms with van der Waals surface area (Å²) in [5.74, 6) is 0.678. The van der Waals surface area contributed by atoms with E-state index in [0.29, 0.717) is 5.92 Å². The third kappa shape index (κ3) is 9.23. The first-order valence-electron chi connectivity index (χ1n) is 10.5. The van der Waals surface area contributed by atoms with E-state index in [9.17, 15) is 0 Å². The van der Waals surface area contributed by atoms with Gasteiger partial charge >= 0.3 is 0 Å². The van der Waals surface area contributed by atoms with Crippen LogP contribution in [0.1, 0.15) is 48.3 Å². The molecule has 28 heavy (non-hydrogen) atoms. The molecule has 0 spiro atoms. The number of rotatable bonds is 12. The molecule has 0 aliphatic rings. The Labute approximate surface area is 179 Å². The van der Waals surface area contributed by atoms with Gasteiger partial charge < -0.3 is 9.80 Å². The van der Waals surface area contributed by atoms with E-state index < -0.39 is 0 Å². The van der Waals surface area contributed by atoms with Crippen LogP contribution in [0.25, 0.3) is 0 Å². The average molecular weight is 403 g/mol. The van der Waals surface area contributed by atoms with Crippen LogP contribution in [0.15, 0.2) is 54.6 Å². The van der Waals surface area contributed by atoms with Crippen LogP contribution in [0.4, 0.5) is 0 Å². The zero-order chi connectivity index (χ0) is 19.5. The monoisotopic (exact) mass is 402 g/mol. The standard InChI is InChI=1S/C25H38N2.ClH/c1-26(2)20-10-15-23(16-11-21-27(3)4)25-17-9-8-14-24(25)19-18-22-12-6-5-7-13-22;/h5-9,12-14,17,23H,10-11,15-16,18-21H2,1-4H3;1H. The maximum Gasteiger partial charge on any atom is -0.00246 e. The molecule has 0 heterocycles. The van der Waals surface area contributed by atoms with Crippen molar-refractivity contribution in [3.63, 3.8) is 0 Å². The van der Waals surface area contributed by atoms with Gasteiger partial charge in [0.05, 0.1) is 0 Å². The first kappa shape index (κ1) is 24.7. The van der Waals surface area contributed by atoms with Gasteiger partial charge in [0.1, 0.15) is 0 Å². The largest absolute Gasteiger partial charge is 0.309 e. The van der Waals surface area contributed by atoms with Gasteiger partial charge in [-0.1, -0.05) is 54.6 Å². The molecular weight excluding hydrogens is 364 g/mol. The molecule has 0 atom stereocenters. The molecule has 156 valence electrons. The minimum Gasteiger partial charge on any atom is -0.309 e. The zero-order valence-electron chi connectivity index (χ0n) is 18.2. The maximum absolute atomic E-state index is 2.39. The highest BCUT2D eigenvalue weighted by Crippen LogP contribution is 2.30. The molecule has 0 saturated heterocycles. The highest BCUT2D eigenvalue weighted by Gasteiger charge is 2.15. The molecule has 0 bridgehead atoms. The predicted octanol–water partition coefficient (Wildman–Crippen LogP) is 5.66. The average Bonchev–Trinajstić information content (AvgIpc) is 2.66. The molecule has 2 rings (SSSR count). The molecule has 0 aromatic heterocycles. The summed E-state index contributed by atoms with van der Waals surface area (Å²) < 4.78 is 0. The Balaban J connectivity index is 0.00000392. The summed E-state index contributed by atoms with van der Waals surface area (Å²) in [7, 11) is 8.70. The van der Waals surface area contributed by atoms with Crippen molar-refractivity contribution in [3.8, 4) is 0 Å². The molecule has 2 aromatic carbocycles. The second kappa shape index (κ2) is 13.8. The Bertz CT molecular complexity index is 626. The van der Waals surface area contributed by atoms with Gasteiger partial charge in [0.25, 0.3) is 0 Å². The van der Waals surface area contributed by atoms with Gasteiger partial charge in [0.15, 0.2) is 0 Å². The van der Waals surface area contributed by atoms with Gasteiger partial charge in [-0.3, -0.25) is 0 Å². The Morgan fingerprint density at radius 3 is 1.79 bits per heavy atom. The zero-order valence-corrected chi connectivity index (χ0v) is 19.0. The van der Waals surface area contributed by atoms with Crippen molar-refractivity contribution in [2.24, 2.45) is 0 Å². The number of nitrogens with zero attached hydrogens (tertiary/aromatic N) is 2. The fourth-order valence-electron chi connectivity index (χ4n) is 3.85. The quantitative estimate of drug-likeness (QED) is 0.451. The topological polar surface area (TPSA) is 6.48 Å². The molecular formula is C25H39ClN2. The van der Waals surface area contributed by atoms with Crippen LogP contribution >= 0.6 is 12.4 Å². The molecule has 3 heteroatoms. The SMILES string of the molecule is CN(C)CCCC(CCCN(C)C)c1ccccc1CCc1ccccc1.Cl. The van der Waals surface area contributed by atoms with Gasteiger partial charge in [-0.15, -0.1) is 12.4 Å². The van der Waals surface area contributed by atoms with E-state index in [0.717, 1.165) is 12.8 Å². The predicted molar refractivity (Wildman–Crippen MR) is 126 cm³/mol. The maximum atomic E-state index is 2.39. The highest BCUT2D eigenvalue weighted by atomic mass is 35.5. The third-order valence-corrected chi connectivity index (χ3v) is 5.34. The Kier molecular flexibility index (Phi) is 12.1. The molecule has 0 radical (unpaired) electrons. The Morgan fingerprint density at radius 1 is 0.679 bits per heavy atom. The molecule has 0 N–H and O–H groups in total. The molecule has 0 amide bonds. The lowest BCUT2D eigenvalue weighted by Crippen LogP contribution is -2.16. The van der Waals surface area contributed by atoms with Crippen LogP contribution in [0.2, 0.25) is 0 Å². The third-order valence-electron chi connectivity index (χ3n) is 5.34. The van der Waals surface area contributed by atoms with Gasteiger partial charge in [-0.05, 0) is 102 Å². The van der Waals surface area contributed by atoms with E-state index in [1.165, 1.54) is 44.3 Å². The van der Waals surface area contributed by atoms with Crippen molar-refractivity contribution >= 4 is 12.4 Å². The van der Waals surface area contributed by atoms with Crippen molar-refractivity contribution in [1.82, 2.24) is 9.80 Å². The number of halogens is 1. The van der Waals surface area contributed by atoms with Crippen molar-refractivity contribution in [1.29, 1.82) is 0 Å². The van der Waals surface area contributed by atoms with E-state index in [1.807, 2.05) is 0 Å². The van der Waals surface area contributed by atoms with Gasteiger partial charge in [-0.2, -0.15) is 0 Å². The molecule has 0 fully saturated rings. The van der Waals surface area contributed by atoms with Crippen LogP contribution in [-0.2, 0) is 12.8 Å². The van der Waals surface area contributed by atoms with Crippen LogP contribution in [0.5, 0.6) is 0 Å². The summed E-state index contributed by atoms with van der Waals surface area (Å²) in [4.78, 5) is 4.61. The van der Waals surface area contributed by atoms with Crippen molar-refractivity contribution in [3.05, 3.63) is 71.3 Å². The smallest absolute Gasteiger partial charge is 0.00246 e. The summed E-state index contributed by atoms with van der Waals surface area (Å²) >= 11 is 0. The van der Waals surface area contributed by atoms with E-state index in [2.05, 4.69) is 92.6 Å². The molecule has 0 unspecified atom stereocenters. The Morgan fingerprint density at radius 2 is 1.21 bits per heavy atom. The fraction of sp³-hybridized carbons (Fsp3) is 0.520. The van der Waals surface area contributed by atoms with Gasteiger partial charge in [0.2, 0.25) is 0 Å². The lowest BCUT2D eigenvalue weighted by molar-refractivity contribution is 0.361. The number of benzene rings is 2. The number of aryl methyl sites for hydroxylation is 2. The van der Waals surface area contributed by atoms with Gasteiger partial charge in [-0.25, -0.2) is 0 Å². The molecule has 0 aliphatic heterocycles. The molecule has 0 aliphatic carbocycles. The fourth-order valence-corrected chi connectivity index (χ4v) is 3.85. The minimum atomic E-state index is 0. The summed E-state index contributed by atoms with van der Waals surface area (Å²) in [6.07, 6.45) is 7.37. The number of hydrogen-bond donors (Lipinski definition) is 0. The minimum absolute atomic E-state index is 0. The summed E-state index contributed by atoms with van der Waals surface area (Å²) in [6.45, 7) is 2.35. The second-order valence-corrected chi connectivity index (χ2v) is 8.27. The van der Waals surface area contributed by atoms with Gasteiger partial charge in [0, 0.05) is 0 Å². The highest BCUT2D eigenvalue weighted by molar-refractivity contribution is 5.85. The van der Waals surface area contributed by atoms with Crippen LogP contribution < -0.4 is 0 Å². The van der Waals surface area contributed by atoms with Crippen LogP contribution in [0, 0.1) is 0 Å². The number of hydrogen-bond acceptors (Lipinski definition) is 2. The first-order chi connectivity index (χ1) is 13.1. The van der Waals surface area contributed by atoms with Crippen molar-refractivity contribution in [2.45, 2.75) is 44.4 Å². The van der Waals surface area contributed by atoms with Crippen molar-refractivity contribution in [2.75, 3.05) is 41.3 Å². The second-order valence-electron chi connectivity index (χ2n) is 8.27. The lowest BCUT2D eigenvalue weighted by Gasteiger charge is -2.22. The van der Waals surface area contributed by atoms with E-state index in [-0.39, 0.29) is 12.4 Å². The summed E-state index contributed by atoms with van der Waals surface area (Å²) in [6, 6.07) is 20.1. The van der Waals surface area contributed by atoms with E-state index in [4.69, 9.17) is 0 Å². The van der Waals surface area contributed by atoms with Crippen LogP contribution in [-0.4, -0.2) is 51.1 Å². The molecule has 2 aromatic rings.